The van der Waals surface area contributed by atoms with E-state index in [1.165, 1.54) is 12.1 Å². The Hall–Kier alpha value is -2.98. The number of carboxylic acids is 1. The second-order valence-electron chi connectivity index (χ2n) is 5.08. The van der Waals surface area contributed by atoms with Crippen LogP contribution in [0.3, 0.4) is 0 Å². The SMILES string of the molecule is CC(C(=O)O)N(C)C(=O)c1nnn(-c2ccccc2F)c1C(F)(F)F. The lowest BCUT2D eigenvalue weighted by Gasteiger charge is -2.21. The molecule has 1 amide bonds. The highest BCUT2D eigenvalue weighted by Crippen LogP contribution is 2.33. The molecule has 0 radical (unpaired) electrons. The van der Waals surface area contributed by atoms with Gasteiger partial charge in [0, 0.05) is 7.05 Å². The molecule has 0 saturated carbocycles. The first-order valence-corrected chi connectivity index (χ1v) is 6.83. The van der Waals surface area contributed by atoms with Crippen LogP contribution in [0.5, 0.6) is 0 Å². The first kappa shape index (κ1) is 18.4. The molecule has 1 aromatic carbocycles. The third-order valence-corrected chi connectivity index (χ3v) is 3.48. The van der Waals surface area contributed by atoms with Crippen LogP contribution in [-0.4, -0.2) is 50.0 Å². The predicted octanol–water partition coefficient (Wildman–Crippen LogP) is 1.97. The lowest BCUT2D eigenvalue weighted by Crippen LogP contribution is -2.41. The zero-order valence-corrected chi connectivity index (χ0v) is 13.0. The van der Waals surface area contributed by atoms with Gasteiger partial charge in [0.05, 0.1) is 0 Å². The Labute approximate surface area is 138 Å². The maximum absolute atomic E-state index is 13.8. The molecule has 1 unspecified atom stereocenters. The summed E-state index contributed by atoms with van der Waals surface area (Å²) in [6, 6.07) is 3.14. The molecule has 1 N–H and O–H groups in total. The van der Waals surface area contributed by atoms with Crippen LogP contribution < -0.4 is 0 Å². The maximum atomic E-state index is 13.8. The van der Waals surface area contributed by atoms with E-state index in [0.29, 0.717) is 4.90 Å². The van der Waals surface area contributed by atoms with Gasteiger partial charge in [-0.3, -0.25) is 4.79 Å². The summed E-state index contributed by atoms with van der Waals surface area (Å²) in [5.41, 5.74) is -3.26. The van der Waals surface area contributed by atoms with Crippen LogP contribution in [0, 0.1) is 5.82 Å². The number of aliphatic carboxylic acids is 1. The smallest absolute Gasteiger partial charge is 0.435 e. The Morgan fingerprint density at radius 1 is 1.28 bits per heavy atom. The van der Waals surface area contributed by atoms with Crippen LogP contribution >= 0.6 is 0 Å². The van der Waals surface area contributed by atoms with E-state index in [9.17, 15) is 27.2 Å². The molecule has 0 aliphatic rings. The van der Waals surface area contributed by atoms with Crippen molar-refractivity contribution in [3.05, 3.63) is 41.5 Å². The summed E-state index contributed by atoms with van der Waals surface area (Å²) in [5, 5.41) is 15.3. The number of nitrogens with zero attached hydrogens (tertiary/aromatic N) is 4. The van der Waals surface area contributed by atoms with Crippen molar-refractivity contribution in [2.45, 2.75) is 19.1 Å². The number of carbonyl (C=O) groups is 2. The van der Waals surface area contributed by atoms with Crippen LogP contribution in [-0.2, 0) is 11.0 Å². The largest absolute Gasteiger partial charge is 0.480 e. The number of likely N-dealkylation sites (N-methyl/N-ethyl adjacent to an activating group) is 1. The number of hydrogen-bond acceptors (Lipinski definition) is 4. The van der Waals surface area contributed by atoms with E-state index < -0.39 is 47.0 Å². The predicted molar refractivity (Wildman–Crippen MR) is 75.5 cm³/mol. The van der Waals surface area contributed by atoms with E-state index in [1.807, 2.05) is 0 Å². The van der Waals surface area contributed by atoms with Crippen LogP contribution in [0.1, 0.15) is 23.1 Å². The average molecular weight is 360 g/mol. The Balaban J connectivity index is 2.60. The Bertz CT molecular complexity index is 819. The molecule has 0 aliphatic heterocycles. The molecule has 0 bridgehead atoms. The molecule has 1 aromatic heterocycles. The highest BCUT2D eigenvalue weighted by Gasteiger charge is 2.43. The molecule has 7 nitrogen and oxygen atoms in total. The average Bonchev–Trinajstić information content (AvgIpc) is 2.98. The summed E-state index contributed by atoms with van der Waals surface area (Å²) in [5.74, 6) is -3.71. The fraction of sp³-hybridized carbons (Fsp3) is 0.286. The number of alkyl halides is 3. The first-order chi connectivity index (χ1) is 11.6. The van der Waals surface area contributed by atoms with Gasteiger partial charge in [0.25, 0.3) is 5.91 Å². The summed E-state index contributed by atoms with van der Waals surface area (Å²) in [7, 11) is 1.02. The quantitative estimate of drug-likeness (QED) is 0.843. The molecular weight excluding hydrogens is 348 g/mol. The van der Waals surface area contributed by atoms with Gasteiger partial charge in [-0.15, -0.1) is 5.10 Å². The number of benzene rings is 1. The lowest BCUT2D eigenvalue weighted by atomic mass is 10.2. The van der Waals surface area contributed by atoms with E-state index in [0.717, 1.165) is 26.1 Å². The molecule has 1 heterocycles. The van der Waals surface area contributed by atoms with E-state index >= 15 is 0 Å². The zero-order chi connectivity index (χ0) is 18.9. The summed E-state index contributed by atoms with van der Waals surface area (Å²) in [4.78, 5) is 23.7. The summed E-state index contributed by atoms with van der Waals surface area (Å²) >= 11 is 0. The molecule has 25 heavy (non-hydrogen) atoms. The number of aromatic nitrogens is 3. The molecule has 0 saturated heterocycles. The van der Waals surface area contributed by atoms with Crippen molar-refractivity contribution >= 4 is 11.9 Å². The van der Waals surface area contributed by atoms with Crippen molar-refractivity contribution < 1.29 is 32.3 Å². The van der Waals surface area contributed by atoms with Crippen molar-refractivity contribution in [1.82, 2.24) is 19.9 Å². The highest BCUT2D eigenvalue weighted by molar-refractivity contribution is 5.95. The normalized spacial score (nSPS) is 12.7. The van der Waals surface area contributed by atoms with Gasteiger partial charge in [0.15, 0.2) is 11.4 Å². The minimum absolute atomic E-state index is 0.168. The van der Waals surface area contributed by atoms with Crippen molar-refractivity contribution in [1.29, 1.82) is 0 Å². The topological polar surface area (TPSA) is 88.3 Å². The van der Waals surface area contributed by atoms with E-state index in [1.54, 1.807) is 0 Å². The van der Waals surface area contributed by atoms with Crippen molar-refractivity contribution in [3.63, 3.8) is 0 Å². The minimum atomic E-state index is -5.08. The number of carboxylic acid groups (broad SMARTS) is 1. The Kier molecular flexibility index (Phi) is 4.77. The standard InChI is InChI=1S/C14H12F4N4O3/c1-7(13(24)25)21(2)12(23)10-11(14(16,17)18)22(20-19-10)9-6-4-3-5-8(9)15/h3-7H,1-2H3,(H,24,25). The van der Waals surface area contributed by atoms with Gasteiger partial charge in [-0.2, -0.15) is 13.2 Å². The van der Waals surface area contributed by atoms with E-state index in [4.69, 9.17) is 5.11 Å². The fourth-order valence-electron chi connectivity index (χ4n) is 1.98. The summed E-state index contributed by atoms with van der Waals surface area (Å²) in [6.45, 7) is 1.12. The molecule has 2 rings (SSSR count). The van der Waals surface area contributed by atoms with Gasteiger partial charge in [0.2, 0.25) is 0 Å². The molecule has 0 spiro atoms. The van der Waals surface area contributed by atoms with Gasteiger partial charge in [0.1, 0.15) is 17.5 Å². The van der Waals surface area contributed by atoms with Gasteiger partial charge in [-0.1, -0.05) is 17.3 Å². The highest BCUT2D eigenvalue weighted by atomic mass is 19.4. The number of para-hydroxylation sites is 1. The van der Waals surface area contributed by atoms with Crippen molar-refractivity contribution in [2.24, 2.45) is 0 Å². The zero-order valence-electron chi connectivity index (χ0n) is 13.0. The van der Waals surface area contributed by atoms with Crippen LogP contribution in [0.2, 0.25) is 0 Å². The van der Waals surface area contributed by atoms with Gasteiger partial charge >= 0.3 is 12.1 Å². The molecule has 0 fully saturated rings. The number of hydrogen-bond donors (Lipinski definition) is 1. The molecule has 11 heteroatoms. The lowest BCUT2D eigenvalue weighted by molar-refractivity contribution is -0.143. The van der Waals surface area contributed by atoms with E-state index in [2.05, 4.69) is 10.3 Å². The number of rotatable bonds is 4. The van der Waals surface area contributed by atoms with Crippen LogP contribution in [0.4, 0.5) is 17.6 Å². The third-order valence-electron chi connectivity index (χ3n) is 3.48. The van der Waals surface area contributed by atoms with Gasteiger partial charge in [-0.05, 0) is 19.1 Å². The fourth-order valence-corrected chi connectivity index (χ4v) is 1.98. The molecule has 134 valence electrons. The molecular formula is C14H12F4N4O3. The Morgan fingerprint density at radius 2 is 1.88 bits per heavy atom. The summed E-state index contributed by atoms with van der Waals surface area (Å²) < 4.78 is 54.3. The number of carbonyl (C=O) groups excluding carboxylic acids is 1. The van der Waals surface area contributed by atoms with Gasteiger partial charge in [-0.25, -0.2) is 13.9 Å². The van der Waals surface area contributed by atoms with Crippen LogP contribution in [0.15, 0.2) is 24.3 Å². The number of amides is 1. The minimum Gasteiger partial charge on any atom is -0.480 e. The Morgan fingerprint density at radius 3 is 2.40 bits per heavy atom. The molecule has 2 aromatic rings. The van der Waals surface area contributed by atoms with Gasteiger partial charge < -0.3 is 10.0 Å². The maximum Gasteiger partial charge on any atom is 0.435 e. The second kappa shape index (κ2) is 6.49. The first-order valence-electron chi connectivity index (χ1n) is 6.83. The van der Waals surface area contributed by atoms with Crippen molar-refractivity contribution in [2.75, 3.05) is 7.05 Å². The van der Waals surface area contributed by atoms with Crippen LogP contribution in [0.25, 0.3) is 5.69 Å². The third kappa shape index (κ3) is 3.44. The second-order valence-corrected chi connectivity index (χ2v) is 5.08. The molecule has 1 atom stereocenters. The van der Waals surface area contributed by atoms with E-state index in [-0.39, 0.29) is 4.68 Å². The number of halogens is 4. The summed E-state index contributed by atoms with van der Waals surface area (Å²) in [6.07, 6.45) is -5.08. The monoisotopic (exact) mass is 360 g/mol. The molecule has 0 aliphatic carbocycles. The van der Waals surface area contributed by atoms with Crippen molar-refractivity contribution in [3.8, 4) is 5.69 Å².